The molecule has 0 spiro atoms. The third kappa shape index (κ3) is 4.04. The van der Waals surface area contributed by atoms with Gasteiger partial charge >= 0.3 is 0 Å². The second kappa shape index (κ2) is 7.88. The highest BCUT2D eigenvalue weighted by Gasteiger charge is 2.13. The molecule has 0 fully saturated rings. The van der Waals surface area contributed by atoms with Crippen LogP contribution in [-0.2, 0) is 16.6 Å². The van der Waals surface area contributed by atoms with Crippen LogP contribution in [0.2, 0.25) is 0 Å². The maximum atomic E-state index is 12.3. The normalized spacial score (nSPS) is 11.0. The molecule has 2 heterocycles. The SMILES string of the molecule is CC(=O)Nc1cccc(NC(=O)CSc2nnc3c4ccccc4n(C)c3n2)c1. The Hall–Kier alpha value is -3.46. The van der Waals surface area contributed by atoms with E-state index in [9.17, 15) is 9.59 Å². The van der Waals surface area contributed by atoms with E-state index in [1.165, 1.54) is 18.7 Å². The summed E-state index contributed by atoms with van der Waals surface area (Å²) in [6.07, 6.45) is 0. The van der Waals surface area contributed by atoms with E-state index in [4.69, 9.17) is 0 Å². The minimum absolute atomic E-state index is 0.140. The highest BCUT2D eigenvalue weighted by atomic mass is 32.2. The fourth-order valence-electron chi connectivity index (χ4n) is 3.06. The standard InChI is InChI=1S/C20H18N6O2S/c1-12(27)21-13-6-5-7-14(10-13)22-17(28)11-29-20-23-19-18(24-25-20)15-8-3-4-9-16(15)26(19)2/h3-10H,11H2,1-2H3,(H,21,27)(H,22,28). The third-order valence-electron chi connectivity index (χ3n) is 4.29. The molecule has 146 valence electrons. The van der Waals surface area contributed by atoms with Crippen molar-refractivity contribution in [3.8, 4) is 0 Å². The van der Waals surface area contributed by atoms with Crippen LogP contribution in [0.15, 0.2) is 53.7 Å². The predicted octanol–water partition coefficient (Wildman–Crippen LogP) is 3.21. The lowest BCUT2D eigenvalue weighted by Gasteiger charge is -2.07. The van der Waals surface area contributed by atoms with Crippen LogP contribution < -0.4 is 10.6 Å². The number of amides is 2. The largest absolute Gasteiger partial charge is 0.327 e. The van der Waals surface area contributed by atoms with Gasteiger partial charge in [0, 0.05) is 30.7 Å². The molecule has 0 atom stereocenters. The molecular formula is C20H18N6O2S. The number of para-hydroxylation sites is 1. The van der Waals surface area contributed by atoms with Crippen LogP contribution in [0.1, 0.15) is 6.92 Å². The van der Waals surface area contributed by atoms with E-state index >= 15 is 0 Å². The van der Waals surface area contributed by atoms with Crippen LogP contribution in [0, 0.1) is 0 Å². The number of carbonyl (C=O) groups is 2. The Balaban J connectivity index is 1.45. The molecular weight excluding hydrogens is 388 g/mol. The van der Waals surface area contributed by atoms with Crippen molar-refractivity contribution < 1.29 is 9.59 Å². The number of fused-ring (bicyclic) bond motifs is 3. The number of nitrogens with zero attached hydrogens (tertiary/aromatic N) is 4. The van der Waals surface area contributed by atoms with Crippen molar-refractivity contribution in [1.29, 1.82) is 0 Å². The summed E-state index contributed by atoms with van der Waals surface area (Å²) in [4.78, 5) is 28.0. The number of aromatic nitrogens is 4. The summed E-state index contributed by atoms with van der Waals surface area (Å²) in [6.45, 7) is 1.43. The predicted molar refractivity (Wildman–Crippen MR) is 114 cm³/mol. The second-order valence-electron chi connectivity index (χ2n) is 6.44. The molecule has 0 bridgehead atoms. The first-order chi connectivity index (χ1) is 14.0. The van der Waals surface area contributed by atoms with Gasteiger partial charge in [0.1, 0.15) is 5.52 Å². The molecule has 9 heteroatoms. The number of nitrogens with one attached hydrogen (secondary N) is 2. The van der Waals surface area contributed by atoms with E-state index in [-0.39, 0.29) is 17.6 Å². The molecule has 0 aliphatic heterocycles. The van der Waals surface area contributed by atoms with E-state index in [1.807, 2.05) is 35.9 Å². The van der Waals surface area contributed by atoms with Crippen LogP contribution >= 0.6 is 11.8 Å². The fraction of sp³-hybridized carbons (Fsp3) is 0.150. The zero-order valence-electron chi connectivity index (χ0n) is 15.8. The second-order valence-corrected chi connectivity index (χ2v) is 7.38. The van der Waals surface area contributed by atoms with E-state index < -0.39 is 0 Å². The summed E-state index contributed by atoms with van der Waals surface area (Å²) < 4.78 is 1.97. The zero-order chi connectivity index (χ0) is 20.4. The van der Waals surface area contributed by atoms with Crippen LogP contribution in [0.25, 0.3) is 22.1 Å². The number of thioether (sulfide) groups is 1. The molecule has 8 nitrogen and oxygen atoms in total. The lowest BCUT2D eigenvalue weighted by Crippen LogP contribution is -2.15. The Kier molecular flexibility index (Phi) is 5.13. The molecule has 0 unspecified atom stereocenters. The summed E-state index contributed by atoms with van der Waals surface area (Å²) in [5.74, 6) is -0.227. The number of hydrogen-bond acceptors (Lipinski definition) is 6. The Morgan fingerprint density at radius 1 is 1.03 bits per heavy atom. The number of anilines is 2. The quantitative estimate of drug-likeness (QED) is 0.494. The highest BCUT2D eigenvalue weighted by Crippen LogP contribution is 2.26. The zero-order valence-corrected chi connectivity index (χ0v) is 16.7. The van der Waals surface area contributed by atoms with Crippen molar-refractivity contribution in [2.45, 2.75) is 12.1 Å². The van der Waals surface area contributed by atoms with Crippen molar-refractivity contribution in [1.82, 2.24) is 19.7 Å². The van der Waals surface area contributed by atoms with Gasteiger partial charge in [-0.05, 0) is 24.3 Å². The Morgan fingerprint density at radius 3 is 2.59 bits per heavy atom. The van der Waals surface area contributed by atoms with E-state index in [0.29, 0.717) is 16.5 Å². The number of carbonyl (C=O) groups excluding carboxylic acids is 2. The van der Waals surface area contributed by atoms with E-state index in [1.54, 1.807) is 24.3 Å². The Bertz CT molecular complexity index is 1240. The first-order valence-electron chi connectivity index (χ1n) is 8.89. The lowest BCUT2D eigenvalue weighted by atomic mass is 10.2. The smallest absolute Gasteiger partial charge is 0.234 e. The van der Waals surface area contributed by atoms with Crippen molar-refractivity contribution in [3.63, 3.8) is 0 Å². The minimum atomic E-state index is -0.198. The number of rotatable bonds is 5. The molecule has 2 aromatic heterocycles. The Morgan fingerprint density at radius 2 is 1.79 bits per heavy atom. The Labute approximate surface area is 170 Å². The van der Waals surface area contributed by atoms with Crippen LogP contribution in [-0.4, -0.2) is 37.3 Å². The molecule has 0 saturated carbocycles. The summed E-state index contributed by atoms with van der Waals surface area (Å²) in [6, 6.07) is 14.9. The van der Waals surface area contributed by atoms with E-state index in [2.05, 4.69) is 25.8 Å². The summed E-state index contributed by atoms with van der Waals surface area (Å²) >= 11 is 1.22. The first kappa shape index (κ1) is 18.9. The van der Waals surface area contributed by atoms with Gasteiger partial charge in [0.15, 0.2) is 5.65 Å². The van der Waals surface area contributed by atoms with Crippen LogP contribution in [0.3, 0.4) is 0 Å². The summed E-state index contributed by atoms with van der Waals surface area (Å²) in [7, 11) is 1.93. The molecule has 0 radical (unpaired) electrons. The molecule has 29 heavy (non-hydrogen) atoms. The average molecular weight is 406 g/mol. The molecule has 2 aromatic carbocycles. The third-order valence-corrected chi connectivity index (χ3v) is 5.12. The van der Waals surface area contributed by atoms with Gasteiger partial charge in [0.05, 0.1) is 11.3 Å². The van der Waals surface area contributed by atoms with Gasteiger partial charge in [-0.2, -0.15) is 0 Å². The number of aryl methyl sites for hydroxylation is 1. The molecule has 0 aliphatic rings. The van der Waals surface area contributed by atoms with Crippen LogP contribution in [0.5, 0.6) is 0 Å². The molecule has 4 aromatic rings. The molecule has 2 N–H and O–H groups in total. The van der Waals surface area contributed by atoms with E-state index in [0.717, 1.165) is 22.1 Å². The van der Waals surface area contributed by atoms with Crippen molar-refractivity contribution in [2.75, 3.05) is 16.4 Å². The van der Waals surface area contributed by atoms with Gasteiger partial charge in [-0.1, -0.05) is 36.0 Å². The van der Waals surface area contributed by atoms with Gasteiger partial charge in [-0.3, -0.25) is 9.59 Å². The maximum absolute atomic E-state index is 12.3. The monoisotopic (exact) mass is 406 g/mol. The number of hydrogen-bond donors (Lipinski definition) is 2. The van der Waals surface area contributed by atoms with Gasteiger partial charge in [0.2, 0.25) is 17.0 Å². The van der Waals surface area contributed by atoms with Gasteiger partial charge < -0.3 is 15.2 Å². The molecule has 0 saturated heterocycles. The molecule has 2 amide bonds. The fourth-order valence-corrected chi connectivity index (χ4v) is 3.64. The van der Waals surface area contributed by atoms with Crippen molar-refractivity contribution in [3.05, 3.63) is 48.5 Å². The average Bonchev–Trinajstić information content (AvgIpc) is 2.98. The molecule has 4 rings (SSSR count). The summed E-state index contributed by atoms with van der Waals surface area (Å²) in [5, 5.41) is 15.4. The topological polar surface area (TPSA) is 102 Å². The van der Waals surface area contributed by atoms with Crippen LogP contribution in [0.4, 0.5) is 11.4 Å². The highest BCUT2D eigenvalue weighted by molar-refractivity contribution is 7.99. The molecule has 0 aliphatic carbocycles. The van der Waals surface area contributed by atoms with Gasteiger partial charge in [-0.15, -0.1) is 10.2 Å². The maximum Gasteiger partial charge on any atom is 0.234 e. The lowest BCUT2D eigenvalue weighted by molar-refractivity contribution is -0.114. The first-order valence-corrected chi connectivity index (χ1v) is 9.88. The van der Waals surface area contributed by atoms with Crippen molar-refractivity contribution >= 4 is 57.0 Å². The minimum Gasteiger partial charge on any atom is -0.327 e. The number of benzene rings is 2. The van der Waals surface area contributed by atoms with Gasteiger partial charge in [0.25, 0.3) is 0 Å². The summed E-state index contributed by atoms with van der Waals surface area (Å²) in [5.41, 5.74) is 3.73. The van der Waals surface area contributed by atoms with Gasteiger partial charge in [-0.25, -0.2) is 4.98 Å². The van der Waals surface area contributed by atoms with Crippen molar-refractivity contribution in [2.24, 2.45) is 7.05 Å².